The number of hydrogen-bond donors (Lipinski definition) is 1. The van der Waals surface area contributed by atoms with E-state index < -0.39 is 0 Å². The Morgan fingerprint density at radius 3 is 2.54 bits per heavy atom. The second-order valence-electron chi connectivity index (χ2n) is 6.84. The largest absolute Gasteiger partial charge is 0.493 e. The fraction of sp³-hybridized carbons (Fsp3) is 0.381. The zero-order valence-corrected chi connectivity index (χ0v) is 15.1. The molecule has 2 aromatic rings. The molecule has 1 N–H and O–H groups in total. The fourth-order valence-electron chi connectivity index (χ4n) is 3.53. The quantitative estimate of drug-likeness (QED) is 0.858. The van der Waals surface area contributed by atoms with Crippen molar-refractivity contribution in [1.82, 2.24) is 5.32 Å². The number of carbonyl (C=O) groups excluding carboxylic acids is 1. The van der Waals surface area contributed by atoms with Crippen LogP contribution in [0, 0.1) is 5.92 Å². The van der Waals surface area contributed by atoms with E-state index in [1.54, 1.807) is 14.2 Å². The van der Waals surface area contributed by atoms with Gasteiger partial charge >= 0.3 is 0 Å². The number of nitrogens with one attached hydrogen (secondary N) is 1. The monoisotopic (exact) mass is 353 g/mol. The second kappa shape index (κ2) is 6.90. The lowest BCUT2D eigenvalue weighted by Gasteiger charge is -2.26. The van der Waals surface area contributed by atoms with Gasteiger partial charge in [-0.05, 0) is 54.2 Å². The molecule has 0 radical (unpaired) electrons. The molecular formula is C21H23NO4. The van der Waals surface area contributed by atoms with Crippen LogP contribution in [0.5, 0.6) is 17.2 Å². The van der Waals surface area contributed by atoms with Gasteiger partial charge in [0.1, 0.15) is 0 Å². The van der Waals surface area contributed by atoms with E-state index >= 15 is 0 Å². The third-order valence-corrected chi connectivity index (χ3v) is 5.29. The van der Waals surface area contributed by atoms with Gasteiger partial charge in [0.25, 0.3) is 5.91 Å². The van der Waals surface area contributed by atoms with E-state index in [1.165, 1.54) is 19.3 Å². The SMILES string of the molecule is COc1ccc(-c2ccc3c(c2)CNC3=O)c(OCC2CCC2)c1OC. The highest BCUT2D eigenvalue weighted by molar-refractivity contribution is 5.99. The molecule has 0 spiro atoms. The van der Waals surface area contributed by atoms with Gasteiger partial charge in [0.05, 0.1) is 20.8 Å². The average Bonchev–Trinajstić information content (AvgIpc) is 3.00. The van der Waals surface area contributed by atoms with Crippen LogP contribution >= 0.6 is 0 Å². The highest BCUT2D eigenvalue weighted by atomic mass is 16.5. The van der Waals surface area contributed by atoms with Crippen LogP contribution in [0.3, 0.4) is 0 Å². The summed E-state index contributed by atoms with van der Waals surface area (Å²) in [6, 6.07) is 9.76. The minimum absolute atomic E-state index is 0.0136. The Bertz CT molecular complexity index is 842. The number of carbonyl (C=O) groups is 1. The summed E-state index contributed by atoms with van der Waals surface area (Å²) >= 11 is 0. The Kier molecular flexibility index (Phi) is 4.45. The smallest absolute Gasteiger partial charge is 0.251 e. The minimum Gasteiger partial charge on any atom is -0.493 e. The second-order valence-corrected chi connectivity index (χ2v) is 6.84. The van der Waals surface area contributed by atoms with Gasteiger partial charge in [-0.2, -0.15) is 0 Å². The first-order valence-electron chi connectivity index (χ1n) is 9.00. The molecule has 1 saturated carbocycles. The van der Waals surface area contributed by atoms with Crippen LogP contribution in [-0.2, 0) is 6.54 Å². The lowest BCUT2D eigenvalue weighted by molar-refractivity contribution is 0.0966. The van der Waals surface area contributed by atoms with E-state index in [0.717, 1.165) is 22.3 Å². The summed E-state index contributed by atoms with van der Waals surface area (Å²) in [4.78, 5) is 11.8. The predicted molar refractivity (Wildman–Crippen MR) is 99.0 cm³/mol. The summed E-state index contributed by atoms with van der Waals surface area (Å²) in [6.07, 6.45) is 3.71. The number of ether oxygens (including phenoxy) is 3. The van der Waals surface area contributed by atoms with E-state index in [-0.39, 0.29) is 5.91 Å². The summed E-state index contributed by atoms with van der Waals surface area (Å²) in [5.41, 5.74) is 3.70. The molecule has 0 saturated heterocycles. The normalized spacial score (nSPS) is 15.8. The molecule has 136 valence electrons. The van der Waals surface area contributed by atoms with Crippen LogP contribution in [0.25, 0.3) is 11.1 Å². The maximum absolute atomic E-state index is 11.8. The van der Waals surface area contributed by atoms with Crippen molar-refractivity contribution in [3.8, 4) is 28.4 Å². The van der Waals surface area contributed by atoms with E-state index in [1.807, 2.05) is 30.3 Å². The Labute approximate surface area is 153 Å². The molecule has 4 rings (SSSR count). The Morgan fingerprint density at radius 2 is 1.85 bits per heavy atom. The van der Waals surface area contributed by atoms with Crippen molar-refractivity contribution in [1.29, 1.82) is 0 Å². The maximum atomic E-state index is 11.8. The maximum Gasteiger partial charge on any atom is 0.251 e. The molecule has 2 aromatic carbocycles. The molecule has 0 atom stereocenters. The summed E-state index contributed by atoms with van der Waals surface area (Å²) < 4.78 is 17.3. The van der Waals surface area contributed by atoms with Crippen LogP contribution < -0.4 is 19.5 Å². The Hall–Kier alpha value is -2.69. The molecule has 0 unspecified atom stereocenters. The number of fused-ring (bicyclic) bond motifs is 1. The highest BCUT2D eigenvalue weighted by Crippen LogP contribution is 2.45. The third kappa shape index (κ3) is 2.87. The van der Waals surface area contributed by atoms with Gasteiger partial charge in [-0.15, -0.1) is 0 Å². The predicted octanol–water partition coefficient (Wildman–Crippen LogP) is 3.79. The summed E-state index contributed by atoms with van der Waals surface area (Å²) in [5.74, 6) is 2.56. The molecule has 5 heteroatoms. The van der Waals surface area contributed by atoms with Crippen molar-refractivity contribution < 1.29 is 19.0 Å². The minimum atomic E-state index is -0.0136. The van der Waals surface area contributed by atoms with Gasteiger partial charge in [-0.3, -0.25) is 4.79 Å². The molecule has 1 amide bonds. The van der Waals surface area contributed by atoms with Gasteiger partial charge in [0.15, 0.2) is 11.5 Å². The number of rotatable bonds is 6. The molecule has 0 bridgehead atoms. The number of methoxy groups -OCH3 is 2. The molecule has 26 heavy (non-hydrogen) atoms. The van der Waals surface area contributed by atoms with Crippen molar-refractivity contribution in [2.75, 3.05) is 20.8 Å². The molecule has 1 aliphatic carbocycles. The highest BCUT2D eigenvalue weighted by Gasteiger charge is 2.24. The summed E-state index contributed by atoms with van der Waals surface area (Å²) in [5, 5.41) is 2.86. The topological polar surface area (TPSA) is 56.8 Å². The molecule has 1 aliphatic heterocycles. The summed E-state index contributed by atoms with van der Waals surface area (Å²) in [6.45, 7) is 1.25. The standard InChI is InChI=1S/C21H23NO4/c1-24-18-9-8-16(14-6-7-17-15(10-14)11-22-21(17)23)19(20(18)25-2)26-12-13-4-3-5-13/h6-10,13H,3-5,11-12H2,1-2H3,(H,22,23). The van der Waals surface area contributed by atoms with Gasteiger partial charge < -0.3 is 19.5 Å². The van der Waals surface area contributed by atoms with Crippen molar-refractivity contribution in [2.45, 2.75) is 25.8 Å². The van der Waals surface area contributed by atoms with Crippen LogP contribution in [-0.4, -0.2) is 26.7 Å². The van der Waals surface area contributed by atoms with Crippen LogP contribution in [0.15, 0.2) is 30.3 Å². The number of benzene rings is 2. The lowest BCUT2D eigenvalue weighted by atomic mass is 9.86. The van der Waals surface area contributed by atoms with Crippen molar-refractivity contribution in [2.24, 2.45) is 5.92 Å². The average molecular weight is 353 g/mol. The van der Waals surface area contributed by atoms with Gasteiger partial charge in [-0.1, -0.05) is 12.5 Å². The van der Waals surface area contributed by atoms with E-state index in [2.05, 4.69) is 5.32 Å². The van der Waals surface area contributed by atoms with Crippen LogP contribution in [0.1, 0.15) is 35.2 Å². The fourth-order valence-corrected chi connectivity index (χ4v) is 3.53. The zero-order valence-electron chi connectivity index (χ0n) is 15.1. The number of hydrogen-bond acceptors (Lipinski definition) is 4. The zero-order chi connectivity index (χ0) is 18.1. The molecule has 1 fully saturated rings. The van der Waals surface area contributed by atoms with Gasteiger partial charge in [0.2, 0.25) is 5.75 Å². The molecule has 5 nitrogen and oxygen atoms in total. The Morgan fingerprint density at radius 1 is 1.04 bits per heavy atom. The third-order valence-electron chi connectivity index (χ3n) is 5.29. The molecule has 2 aliphatic rings. The first-order valence-corrected chi connectivity index (χ1v) is 9.00. The molecule has 0 aromatic heterocycles. The first kappa shape index (κ1) is 16.8. The van der Waals surface area contributed by atoms with Crippen molar-refractivity contribution >= 4 is 5.91 Å². The van der Waals surface area contributed by atoms with Crippen molar-refractivity contribution in [3.05, 3.63) is 41.5 Å². The number of amides is 1. The first-order chi connectivity index (χ1) is 12.7. The lowest BCUT2D eigenvalue weighted by Crippen LogP contribution is -2.19. The van der Waals surface area contributed by atoms with Gasteiger partial charge in [-0.25, -0.2) is 0 Å². The van der Waals surface area contributed by atoms with E-state index in [0.29, 0.717) is 36.3 Å². The Balaban J connectivity index is 1.75. The molecule has 1 heterocycles. The summed E-state index contributed by atoms with van der Waals surface area (Å²) in [7, 11) is 3.25. The van der Waals surface area contributed by atoms with E-state index in [9.17, 15) is 4.79 Å². The van der Waals surface area contributed by atoms with E-state index in [4.69, 9.17) is 14.2 Å². The molecular weight excluding hydrogens is 330 g/mol. The van der Waals surface area contributed by atoms with Crippen molar-refractivity contribution in [3.63, 3.8) is 0 Å². The van der Waals surface area contributed by atoms with Crippen LogP contribution in [0.4, 0.5) is 0 Å². The van der Waals surface area contributed by atoms with Gasteiger partial charge in [0, 0.05) is 17.7 Å². The van der Waals surface area contributed by atoms with Crippen LogP contribution in [0.2, 0.25) is 0 Å².